The smallest absolute Gasteiger partial charge is 0.275 e. The molecule has 1 aromatic carbocycles. The lowest BCUT2D eigenvalue weighted by molar-refractivity contribution is 0.102. The molecule has 0 saturated heterocycles. The van der Waals surface area contributed by atoms with Gasteiger partial charge in [-0.25, -0.2) is 18.5 Å². The summed E-state index contributed by atoms with van der Waals surface area (Å²) < 4.78 is 23.4. The highest BCUT2D eigenvalue weighted by atomic mass is 32.2. The largest absolute Gasteiger partial charge is 0.320 e. The highest BCUT2D eigenvalue weighted by Crippen LogP contribution is 2.36. The zero-order chi connectivity index (χ0) is 21.5. The minimum absolute atomic E-state index is 0.320. The summed E-state index contributed by atoms with van der Waals surface area (Å²) in [6.45, 7) is 3.64. The molecule has 30 heavy (non-hydrogen) atoms. The van der Waals surface area contributed by atoms with Crippen molar-refractivity contribution in [3.63, 3.8) is 0 Å². The van der Waals surface area contributed by atoms with Gasteiger partial charge in [-0.3, -0.25) is 9.89 Å². The van der Waals surface area contributed by atoms with Gasteiger partial charge in [0, 0.05) is 10.8 Å². The lowest BCUT2D eigenvalue weighted by Gasteiger charge is -2.29. The van der Waals surface area contributed by atoms with Crippen LogP contribution in [0.15, 0.2) is 41.9 Å². The van der Waals surface area contributed by atoms with Crippen LogP contribution in [0.1, 0.15) is 40.8 Å². The second kappa shape index (κ2) is 7.46. The van der Waals surface area contributed by atoms with E-state index in [1.54, 1.807) is 30.6 Å². The molecular weight excluding hydrogens is 422 g/mol. The van der Waals surface area contributed by atoms with Crippen molar-refractivity contribution in [1.82, 2.24) is 15.2 Å². The fourth-order valence-corrected chi connectivity index (χ4v) is 5.19. The quantitative estimate of drug-likeness (QED) is 0.556. The number of rotatable bonds is 5. The summed E-state index contributed by atoms with van der Waals surface area (Å²) in [5.41, 5.74) is 3.08. The second-order valence-electron chi connectivity index (χ2n) is 7.23. The van der Waals surface area contributed by atoms with Crippen molar-refractivity contribution in [2.45, 2.75) is 31.4 Å². The van der Waals surface area contributed by atoms with Gasteiger partial charge in [0.1, 0.15) is 10.4 Å². The van der Waals surface area contributed by atoms with Gasteiger partial charge < -0.3 is 5.32 Å². The van der Waals surface area contributed by atoms with Crippen molar-refractivity contribution >= 4 is 49.4 Å². The van der Waals surface area contributed by atoms with Gasteiger partial charge in [0.15, 0.2) is 0 Å². The van der Waals surface area contributed by atoms with E-state index in [2.05, 4.69) is 20.5 Å². The van der Waals surface area contributed by atoms with E-state index in [4.69, 9.17) is 5.14 Å². The van der Waals surface area contributed by atoms with E-state index >= 15 is 0 Å². The molecule has 4 rings (SSSR count). The maximum absolute atomic E-state index is 12.6. The third-order valence-corrected chi connectivity index (χ3v) is 7.82. The number of benzene rings is 1. The summed E-state index contributed by atoms with van der Waals surface area (Å²) in [4.78, 5) is 16.9. The van der Waals surface area contributed by atoms with Crippen molar-refractivity contribution in [2.75, 3.05) is 5.32 Å². The summed E-state index contributed by atoms with van der Waals surface area (Å²) in [6.07, 6.45) is 7.70. The number of H-pyrrole nitrogens is 1. The number of fused-ring (bicyclic) bond motifs is 1. The Kier molecular flexibility index (Phi) is 5.08. The highest BCUT2D eigenvalue weighted by Gasteiger charge is 2.38. The molecule has 2 heterocycles. The van der Waals surface area contributed by atoms with Crippen LogP contribution in [0.2, 0.25) is 0 Å². The number of aromatic nitrogens is 3. The number of hydrogen-bond acceptors (Lipinski definition) is 6. The van der Waals surface area contributed by atoms with E-state index in [0.29, 0.717) is 29.8 Å². The number of nitrogens with zero attached hydrogens (tertiary/aromatic N) is 2. The molecule has 0 spiro atoms. The third-order valence-electron chi connectivity index (χ3n) is 5.34. The first-order valence-electron chi connectivity index (χ1n) is 9.35. The first-order valence-corrected chi connectivity index (χ1v) is 11.8. The molecule has 0 saturated carbocycles. The Morgan fingerprint density at radius 1 is 1.40 bits per heavy atom. The van der Waals surface area contributed by atoms with Crippen LogP contribution < -0.4 is 10.5 Å². The normalized spacial score (nSPS) is 19.1. The van der Waals surface area contributed by atoms with Crippen LogP contribution in [0.4, 0.5) is 5.69 Å². The average Bonchev–Trinajstić information content (AvgIpc) is 3.36. The number of carbonyl (C=O) groups excluding carboxylic acids is 1. The van der Waals surface area contributed by atoms with Crippen molar-refractivity contribution in [1.29, 1.82) is 0 Å². The number of aromatic amines is 1. The van der Waals surface area contributed by atoms with E-state index in [9.17, 15) is 13.2 Å². The number of primary sulfonamides is 1. The Labute approximate surface area is 178 Å². The number of hydrogen-bond donors (Lipinski definition) is 3. The molecule has 156 valence electrons. The van der Waals surface area contributed by atoms with Gasteiger partial charge in [0.05, 0.1) is 22.4 Å². The summed E-state index contributed by atoms with van der Waals surface area (Å²) in [5, 5.41) is 18.7. The van der Waals surface area contributed by atoms with Crippen LogP contribution >= 0.6 is 11.3 Å². The van der Waals surface area contributed by atoms with Crippen LogP contribution in [0.3, 0.4) is 0 Å². The number of aryl methyl sites for hydroxylation is 1. The third kappa shape index (κ3) is 3.57. The van der Waals surface area contributed by atoms with E-state index in [1.165, 1.54) is 11.3 Å². The fourth-order valence-electron chi connectivity index (χ4n) is 3.58. The van der Waals surface area contributed by atoms with Gasteiger partial charge in [0.25, 0.3) is 5.91 Å². The Balaban J connectivity index is 1.78. The van der Waals surface area contributed by atoms with Gasteiger partial charge in [-0.05, 0) is 43.0 Å². The molecule has 0 aliphatic heterocycles. The molecule has 0 bridgehead atoms. The zero-order valence-electron chi connectivity index (χ0n) is 16.5. The number of carbonyl (C=O) groups is 1. The molecule has 10 heteroatoms. The van der Waals surface area contributed by atoms with Crippen molar-refractivity contribution in [3.05, 3.63) is 58.2 Å². The van der Waals surface area contributed by atoms with E-state index < -0.39 is 14.8 Å². The fraction of sp³-hybridized carbons (Fsp3) is 0.250. The molecule has 1 aliphatic carbocycles. The maximum atomic E-state index is 12.6. The predicted octanol–water partition coefficient (Wildman–Crippen LogP) is 3.36. The number of nitrogens with two attached hydrogens (primary N) is 1. The molecule has 1 amide bonds. The van der Waals surface area contributed by atoms with Crippen LogP contribution in [0.25, 0.3) is 16.5 Å². The van der Waals surface area contributed by atoms with Gasteiger partial charge >= 0.3 is 0 Å². The highest BCUT2D eigenvalue weighted by molar-refractivity contribution is 7.90. The van der Waals surface area contributed by atoms with E-state index in [0.717, 1.165) is 21.5 Å². The van der Waals surface area contributed by atoms with Crippen LogP contribution in [-0.4, -0.2) is 34.3 Å². The van der Waals surface area contributed by atoms with E-state index in [-0.39, 0.29) is 5.91 Å². The summed E-state index contributed by atoms with van der Waals surface area (Å²) in [7, 11) is -3.80. The van der Waals surface area contributed by atoms with Crippen LogP contribution in [-0.2, 0) is 10.0 Å². The SMILES string of the molecule is CCC1(S(N)(=O)=O)C=C(c2cc(NC(=O)c3csc(C)n3)c3cn[nH]c3c2)C=CC1. The molecule has 8 nitrogen and oxygen atoms in total. The standard InChI is InChI=1S/C20H21N5O3S2/c1-3-20(30(21,27)28)6-4-5-13(9-20)14-7-16(15-10-22-25-17(15)8-14)24-19(26)18-11-29-12(2)23-18/h4-5,7-11H,3,6H2,1-2H3,(H,22,25)(H,24,26)(H2,21,27,28). The summed E-state index contributed by atoms with van der Waals surface area (Å²) in [5.74, 6) is -0.320. The molecule has 0 fully saturated rings. The number of anilines is 1. The molecule has 1 aliphatic rings. The Morgan fingerprint density at radius 3 is 2.87 bits per heavy atom. The summed E-state index contributed by atoms with van der Waals surface area (Å²) >= 11 is 1.40. The minimum atomic E-state index is -3.80. The lowest BCUT2D eigenvalue weighted by Crippen LogP contribution is -2.41. The number of thiazole rings is 1. The molecular formula is C20H21N5O3S2. The van der Waals surface area contributed by atoms with Gasteiger partial charge in [-0.15, -0.1) is 11.3 Å². The van der Waals surface area contributed by atoms with Gasteiger partial charge in [-0.1, -0.05) is 25.2 Å². The predicted molar refractivity (Wildman–Crippen MR) is 119 cm³/mol. The van der Waals surface area contributed by atoms with E-state index in [1.807, 2.05) is 25.1 Å². The Hall–Kier alpha value is -2.82. The number of nitrogens with one attached hydrogen (secondary N) is 2. The first-order chi connectivity index (χ1) is 14.2. The molecule has 4 N–H and O–H groups in total. The van der Waals surface area contributed by atoms with Crippen molar-refractivity contribution in [3.8, 4) is 0 Å². The van der Waals surface area contributed by atoms with Crippen molar-refractivity contribution in [2.24, 2.45) is 5.14 Å². The molecule has 1 unspecified atom stereocenters. The molecule has 2 aromatic heterocycles. The number of allylic oxidation sites excluding steroid dienone is 3. The van der Waals surface area contributed by atoms with Crippen LogP contribution in [0, 0.1) is 6.92 Å². The summed E-state index contributed by atoms with van der Waals surface area (Å²) in [6, 6.07) is 3.68. The minimum Gasteiger partial charge on any atom is -0.320 e. The molecule has 1 atom stereocenters. The first kappa shape index (κ1) is 20.5. The Morgan fingerprint density at radius 2 is 2.20 bits per heavy atom. The molecule has 0 radical (unpaired) electrons. The van der Waals surface area contributed by atoms with Crippen molar-refractivity contribution < 1.29 is 13.2 Å². The number of sulfonamides is 1. The van der Waals surface area contributed by atoms with Crippen LogP contribution in [0.5, 0.6) is 0 Å². The monoisotopic (exact) mass is 443 g/mol. The zero-order valence-corrected chi connectivity index (χ0v) is 18.1. The van der Waals surface area contributed by atoms with Gasteiger partial charge in [-0.2, -0.15) is 5.10 Å². The second-order valence-corrected chi connectivity index (χ2v) is 10.2. The number of amides is 1. The van der Waals surface area contributed by atoms with Gasteiger partial charge in [0.2, 0.25) is 10.0 Å². The topological polar surface area (TPSA) is 131 Å². The maximum Gasteiger partial charge on any atom is 0.275 e. The Bertz CT molecular complexity index is 1300. The average molecular weight is 444 g/mol. The lowest BCUT2D eigenvalue weighted by atomic mass is 9.89. The molecule has 3 aromatic rings.